The fourth-order valence-corrected chi connectivity index (χ4v) is 1.35. The molecule has 0 aliphatic heterocycles. The van der Waals surface area contributed by atoms with Crippen molar-refractivity contribution in [1.82, 2.24) is 4.98 Å². The SMILES string of the molecule is OCCC(O)C(O)c1ccncc1Cl. The lowest BCUT2D eigenvalue weighted by molar-refractivity contribution is 0.00423. The first-order valence-corrected chi connectivity index (χ1v) is 4.61. The van der Waals surface area contributed by atoms with Gasteiger partial charge >= 0.3 is 0 Å². The Hall–Kier alpha value is -0.680. The number of rotatable bonds is 4. The molecule has 0 aliphatic carbocycles. The Morgan fingerprint density at radius 2 is 2.14 bits per heavy atom. The third-order valence-electron chi connectivity index (χ3n) is 1.91. The van der Waals surface area contributed by atoms with Crippen LogP contribution in [-0.4, -0.2) is 33.0 Å². The number of hydrogen-bond donors (Lipinski definition) is 3. The summed E-state index contributed by atoms with van der Waals surface area (Å²) in [6.07, 6.45) is 0.888. The fraction of sp³-hybridized carbons (Fsp3) is 0.444. The van der Waals surface area contributed by atoms with Crippen LogP contribution in [0.15, 0.2) is 18.5 Å². The Morgan fingerprint density at radius 3 is 2.71 bits per heavy atom. The maximum absolute atomic E-state index is 9.63. The largest absolute Gasteiger partial charge is 0.396 e. The molecule has 0 amide bonds. The van der Waals surface area contributed by atoms with E-state index in [1.165, 1.54) is 18.5 Å². The van der Waals surface area contributed by atoms with E-state index in [-0.39, 0.29) is 13.0 Å². The lowest BCUT2D eigenvalue weighted by Crippen LogP contribution is -2.19. The number of hydrogen-bond acceptors (Lipinski definition) is 4. The number of halogens is 1. The van der Waals surface area contributed by atoms with Crippen LogP contribution in [0, 0.1) is 0 Å². The maximum atomic E-state index is 9.63. The van der Waals surface area contributed by atoms with Crippen molar-refractivity contribution in [3.05, 3.63) is 29.0 Å². The summed E-state index contributed by atoms with van der Waals surface area (Å²) < 4.78 is 0. The lowest BCUT2D eigenvalue weighted by Gasteiger charge is -2.17. The summed E-state index contributed by atoms with van der Waals surface area (Å²) in [5.74, 6) is 0. The van der Waals surface area contributed by atoms with Gasteiger partial charge in [0.05, 0.1) is 11.1 Å². The smallest absolute Gasteiger partial charge is 0.106 e. The zero-order chi connectivity index (χ0) is 10.6. The molecule has 0 bridgehead atoms. The van der Waals surface area contributed by atoms with Crippen molar-refractivity contribution in [3.8, 4) is 0 Å². The quantitative estimate of drug-likeness (QED) is 0.687. The minimum absolute atomic E-state index is 0.111. The molecule has 1 rings (SSSR count). The molecule has 2 unspecified atom stereocenters. The summed E-state index contributed by atoms with van der Waals surface area (Å²) in [5.41, 5.74) is 0.419. The molecule has 78 valence electrons. The van der Waals surface area contributed by atoms with Crippen molar-refractivity contribution in [2.45, 2.75) is 18.6 Å². The molecule has 0 saturated carbocycles. The highest BCUT2D eigenvalue weighted by Crippen LogP contribution is 2.24. The highest BCUT2D eigenvalue weighted by Gasteiger charge is 2.19. The number of aromatic nitrogens is 1. The number of pyridine rings is 1. The van der Waals surface area contributed by atoms with Crippen molar-refractivity contribution in [3.63, 3.8) is 0 Å². The van der Waals surface area contributed by atoms with Gasteiger partial charge in [0.1, 0.15) is 6.10 Å². The Balaban J connectivity index is 2.78. The van der Waals surface area contributed by atoms with Crippen molar-refractivity contribution in [2.24, 2.45) is 0 Å². The van der Waals surface area contributed by atoms with Gasteiger partial charge in [-0.2, -0.15) is 0 Å². The summed E-state index contributed by atoms with van der Waals surface area (Å²) in [5, 5.41) is 27.9. The summed E-state index contributed by atoms with van der Waals surface area (Å²) >= 11 is 5.77. The molecule has 0 saturated heterocycles. The molecule has 5 heteroatoms. The molecule has 4 nitrogen and oxygen atoms in total. The molecule has 0 fully saturated rings. The molecular weight excluding hydrogens is 206 g/mol. The molecular formula is C9H12ClNO3. The van der Waals surface area contributed by atoms with Crippen molar-refractivity contribution in [1.29, 1.82) is 0 Å². The van der Waals surface area contributed by atoms with Gasteiger partial charge in [0.2, 0.25) is 0 Å². The summed E-state index contributed by atoms with van der Waals surface area (Å²) in [6, 6.07) is 1.54. The van der Waals surface area contributed by atoms with E-state index in [0.717, 1.165) is 0 Å². The van der Waals surface area contributed by atoms with Gasteiger partial charge in [-0.25, -0.2) is 0 Å². The lowest BCUT2D eigenvalue weighted by atomic mass is 10.0. The number of aliphatic hydroxyl groups is 3. The van der Waals surface area contributed by atoms with E-state index in [1.54, 1.807) is 0 Å². The van der Waals surface area contributed by atoms with Crippen molar-refractivity contribution < 1.29 is 15.3 Å². The van der Waals surface area contributed by atoms with Crippen LogP contribution in [0.5, 0.6) is 0 Å². The molecule has 1 aromatic heterocycles. The van der Waals surface area contributed by atoms with Gasteiger partial charge in [-0.15, -0.1) is 0 Å². The van der Waals surface area contributed by atoms with Crippen LogP contribution < -0.4 is 0 Å². The predicted molar refractivity (Wildman–Crippen MR) is 51.9 cm³/mol. The normalized spacial score (nSPS) is 15.1. The first kappa shape index (κ1) is 11.4. The van der Waals surface area contributed by atoms with Crippen LogP contribution in [0.1, 0.15) is 18.1 Å². The molecule has 0 aromatic carbocycles. The van der Waals surface area contributed by atoms with Gasteiger partial charge < -0.3 is 15.3 Å². The van der Waals surface area contributed by atoms with E-state index >= 15 is 0 Å². The van der Waals surface area contributed by atoms with E-state index in [1.807, 2.05) is 0 Å². The van der Waals surface area contributed by atoms with E-state index < -0.39 is 12.2 Å². The fourth-order valence-electron chi connectivity index (χ4n) is 1.12. The van der Waals surface area contributed by atoms with Crippen LogP contribution in [0.2, 0.25) is 5.02 Å². The number of aliphatic hydroxyl groups excluding tert-OH is 3. The molecule has 0 aliphatic rings. The van der Waals surface area contributed by atoms with Gasteiger partial charge in [-0.05, 0) is 12.5 Å². The monoisotopic (exact) mass is 217 g/mol. The highest BCUT2D eigenvalue weighted by molar-refractivity contribution is 6.31. The number of nitrogens with zero attached hydrogens (tertiary/aromatic N) is 1. The zero-order valence-electron chi connectivity index (χ0n) is 7.47. The van der Waals surface area contributed by atoms with Gasteiger partial charge in [-0.1, -0.05) is 11.6 Å². The first-order valence-electron chi connectivity index (χ1n) is 4.23. The molecule has 0 radical (unpaired) electrons. The Bertz CT molecular complexity index is 295. The van der Waals surface area contributed by atoms with E-state index in [0.29, 0.717) is 10.6 Å². The minimum atomic E-state index is -1.09. The summed E-state index contributed by atoms with van der Waals surface area (Å²) in [7, 11) is 0. The summed E-state index contributed by atoms with van der Waals surface area (Å²) in [6.45, 7) is -0.180. The average molecular weight is 218 g/mol. The minimum Gasteiger partial charge on any atom is -0.396 e. The van der Waals surface area contributed by atoms with Crippen LogP contribution in [-0.2, 0) is 0 Å². The molecule has 14 heavy (non-hydrogen) atoms. The maximum Gasteiger partial charge on any atom is 0.106 e. The summed E-state index contributed by atoms with van der Waals surface area (Å²) in [4.78, 5) is 3.76. The molecule has 1 aromatic rings. The second-order valence-electron chi connectivity index (χ2n) is 2.92. The Labute approximate surface area is 86.8 Å². The van der Waals surface area contributed by atoms with Crippen molar-refractivity contribution in [2.75, 3.05) is 6.61 Å². The third kappa shape index (κ3) is 2.65. The van der Waals surface area contributed by atoms with E-state index in [9.17, 15) is 10.2 Å². The van der Waals surface area contributed by atoms with Crippen LogP contribution in [0.3, 0.4) is 0 Å². The van der Waals surface area contributed by atoms with Crippen LogP contribution in [0.25, 0.3) is 0 Å². The van der Waals surface area contributed by atoms with E-state index in [4.69, 9.17) is 16.7 Å². The topological polar surface area (TPSA) is 73.6 Å². The van der Waals surface area contributed by atoms with Gasteiger partial charge in [0.15, 0.2) is 0 Å². The van der Waals surface area contributed by atoms with Gasteiger partial charge in [0.25, 0.3) is 0 Å². The van der Waals surface area contributed by atoms with Gasteiger partial charge in [-0.3, -0.25) is 4.98 Å². The Morgan fingerprint density at radius 1 is 1.43 bits per heavy atom. The average Bonchev–Trinajstić information content (AvgIpc) is 2.18. The zero-order valence-corrected chi connectivity index (χ0v) is 8.22. The standard InChI is InChI=1S/C9H12ClNO3/c10-7-5-11-3-1-6(7)9(14)8(13)2-4-12/h1,3,5,8-9,12-14H,2,4H2. The van der Waals surface area contributed by atoms with Crippen LogP contribution in [0.4, 0.5) is 0 Å². The predicted octanol–water partition coefficient (Wildman–Crippen LogP) is 0.512. The molecule has 0 spiro atoms. The molecule has 2 atom stereocenters. The second kappa shape index (κ2) is 5.26. The molecule has 3 N–H and O–H groups in total. The Kier molecular flexibility index (Phi) is 4.28. The van der Waals surface area contributed by atoms with E-state index in [2.05, 4.69) is 4.98 Å². The third-order valence-corrected chi connectivity index (χ3v) is 2.23. The molecule has 1 heterocycles. The van der Waals surface area contributed by atoms with Gasteiger partial charge in [0, 0.05) is 24.6 Å². The van der Waals surface area contributed by atoms with Crippen LogP contribution >= 0.6 is 11.6 Å². The van der Waals surface area contributed by atoms with Crippen molar-refractivity contribution >= 4 is 11.6 Å². The second-order valence-corrected chi connectivity index (χ2v) is 3.33. The first-order chi connectivity index (χ1) is 6.66. The highest BCUT2D eigenvalue weighted by atomic mass is 35.5.